The predicted octanol–water partition coefficient (Wildman–Crippen LogP) is 4.29. The number of rotatable bonds is 7. The van der Waals surface area contributed by atoms with Crippen molar-refractivity contribution < 1.29 is 22.7 Å². The molecule has 0 fully saturated rings. The lowest BCUT2D eigenvalue weighted by Gasteiger charge is -2.28. The third-order valence-electron chi connectivity index (χ3n) is 6.47. The van der Waals surface area contributed by atoms with Gasteiger partial charge in [0.2, 0.25) is 11.8 Å². The van der Waals surface area contributed by atoms with E-state index in [-0.39, 0.29) is 11.6 Å². The molecule has 3 aromatic rings. The first-order valence-corrected chi connectivity index (χ1v) is 12.4. The van der Waals surface area contributed by atoms with Gasteiger partial charge in [-0.25, -0.2) is 9.97 Å². The van der Waals surface area contributed by atoms with Gasteiger partial charge in [0, 0.05) is 24.3 Å². The number of nitrogens with one attached hydrogen (secondary N) is 1. The summed E-state index contributed by atoms with van der Waals surface area (Å²) >= 11 is 0. The van der Waals surface area contributed by atoms with Gasteiger partial charge in [-0.3, -0.25) is 4.79 Å². The van der Waals surface area contributed by atoms with E-state index in [1.165, 1.54) is 13.2 Å². The van der Waals surface area contributed by atoms with E-state index in [4.69, 9.17) is 10.5 Å². The molecule has 1 amide bonds. The molecule has 208 valence electrons. The zero-order chi connectivity index (χ0) is 28.5. The molecule has 1 aliphatic rings. The molecule has 0 saturated heterocycles. The highest BCUT2D eigenvalue weighted by molar-refractivity contribution is 5.91. The number of likely N-dealkylation sites (N-methyl/N-ethyl adjacent to an activating group) is 1. The van der Waals surface area contributed by atoms with E-state index < -0.39 is 17.8 Å². The minimum atomic E-state index is -4.52. The van der Waals surface area contributed by atoms with Gasteiger partial charge in [0.1, 0.15) is 11.6 Å². The lowest BCUT2D eigenvalue weighted by atomic mass is 9.99. The molecule has 3 heterocycles. The number of nitrogens with zero attached hydrogens (tertiary/aromatic N) is 5. The molecular formula is C27H32F3N7O2. The number of pyridine rings is 1. The van der Waals surface area contributed by atoms with Crippen LogP contribution in [0.15, 0.2) is 30.3 Å². The summed E-state index contributed by atoms with van der Waals surface area (Å²) in [6.45, 7) is 4.81. The number of hydrogen-bond acceptors (Lipinski definition) is 8. The topological polar surface area (TPSA) is 109 Å². The number of fused-ring (bicyclic) bond motifs is 1. The molecule has 0 saturated carbocycles. The smallest absolute Gasteiger partial charge is 0.416 e. The minimum Gasteiger partial charge on any atom is -0.481 e. The molecule has 2 aromatic heterocycles. The maximum absolute atomic E-state index is 13.4. The van der Waals surface area contributed by atoms with Crippen LogP contribution in [0.25, 0.3) is 16.6 Å². The van der Waals surface area contributed by atoms with Crippen molar-refractivity contribution in [3.05, 3.63) is 52.9 Å². The van der Waals surface area contributed by atoms with Gasteiger partial charge in [0.15, 0.2) is 5.65 Å². The number of ether oxygens (including phenoxy) is 1. The third-order valence-corrected chi connectivity index (χ3v) is 6.47. The molecule has 39 heavy (non-hydrogen) atoms. The summed E-state index contributed by atoms with van der Waals surface area (Å²) in [7, 11) is 5.24. The second kappa shape index (κ2) is 11.0. The Morgan fingerprint density at radius 3 is 2.56 bits per heavy atom. The number of amides is 1. The van der Waals surface area contributed by atoms with E-state index in [1.807, 2.05) is 31.1 Å². The molecule has 3 N–H and O–H groups in total. The molecule has 0 aliphatic carbocycles. The summed E-state index contributed by atoms with van der Waals surface area (Å²) in [5.41, 5.74) is 7.46. The summed E-state index contributed by atoms with van der Waals surface area (Å²) < 4.78 is 45.7. The maximum atomic E-state index is 13.4. The molecule has 0 bridgehead atoms. The Bertz CT molecular complexity index is 1420. The lowest BCUT2D eigenvalue weighted by Crippen LogP contribution is -2.40. The van der Waals surface area contributed by atoms with E-state index in [9.17, 15) is 18.0 Å². The Morgan fingerprint density at radius 1 is 1.21 bits per heavy atom. The molecule has 0 unspecified atom stereocenters. The quantitative estimate of drug-likeness (QED) is 0.425. The number of carbonyl (C=O) groups is 1. The van der Waals surface area contributed by atoms with Crippen LogP contribution in [0.4, 0.5) is 24.7 Å². The van der Waals surface area contributed by atoms with Crippen LogP contribution in [-0.4, -0.2) is 71.5 Å². The first-order valence-electron chi connectivity index (χ1n) is 12.4. The predicted molar refractivity (Wildman–Crippen MR) is 144 cm³/mol. The van der Waals surface area contributed by atoms with Crippen molar-refractivity contribution in [2.45, 2.75) is 32.5 Å². The standard InChI is InChI=1S/C27H32F3N7O2/c1-15(18-10-19(27(28,29)30)12-20(31)11-18)32-24-22-13-21(26(39-5)35-25(22)34-16(2)33-24)17-6-8-37(9-7-17)23(38)14-36(3)4/h6,10-13,15H,7-9,14,31H2,1-5H3,(H,32,33,34,35)/t15-/m1/s1. The Labute approximate surface area is 224 Å². The van der Waals surface area contributed by atoms with Gasteiger partial charge >= 0.3 is 6.18 Å². The zero-order valence-corrected chi connectivity index (χ0v) is 22.6. The second-order valence-electron chi connectivity index (χ2n) is 9.84. The van der Waals surface area contributed by atoms with Crippen LogP contribution in [0.3, 0.4) is 0 Å². The fourth-order valence-corrected chi connectivity index (χ4v) is 4.53. The Hall–Kier alpha value is -3.93. The van der Waals surface area contributed by atoms with Crippen molar-refractivity contribution in [2.75, 3.05) is 51.9 Å². The fourth-order valence-electron chi connectivity index (χ4n) is 4.53. The summed E-state index contributed by atoms with van der Waals surface area (Å²) in [5.74, 6) is 1.31. The average molecular weight is 544 g/mol. The van der Waals surface area contributed by atoms with Crippen LogP contribution in [0.1, 0.15) is 41.9 Å². The fraction of sp³-hybridized carbons (Fsp3) is 0.407. The summed E-state index contributed by atoms with van der Waals surface area (Å²) in [5, 5.41) is 3.82. The molecule has 0 radical (unpaired) electrons. The highest BCUT2D eigenvalue weighted by Crippen LogP contribution is 2.36. The van der Waals surface area contributed by atoms with E-state index in [0.29, 0.717) is 60.2 Å². The first kappa shape index (κ1) is 28.1. The average Bonchev–Trinajstić information content (AvgIpc) is 2.86. The molecule has 9 nitrogen and oxygen atoms in total. The number of benzene rings is 1. The van der Waals surface area contributed by atoms with Crippen LogP contribution in [0.5, 0.6) is 5.88 Å². The Kier molecular flexibility index (Phi) is 7.96. The van der Waals surface area contributed by atoms with Crippen molar-refractivity contribution in [3.8, 4) is 5.88 Å². The molecular weight excluding hydrogens is 511 g/mol. The molecule has 12 heteroatoms. The van der Waals surface area contributed by atoms with Crippen molar-refractivity contribution >= 4 is 34.0 Å². The molecule has 4 rings (SSSR count). The van der Waals surface area contributed by atoms with Crippen LogP contribution in [-0.2, 0) is 11.0 Å². The van der Waals surface area contributed by atoms with Gasteiger partial charge in [-0.05, 0) is 69.8 Å². The minimum absolute atomic E-state index is 0.0215. The van der Waals surface area contributed by atoms with Crippen molar-refractivity contribution in [1.82, 2.24) is 24.8 Å². The number of nitrogens with two attached hydrogens (primary N) is 1. The number of nitrogen functional groups attached to an aromatic ring is 1. The molecule has 0 spiro atoms. The zero-order valence-electron chi connectivity index (χ0n) is 22.6. The molecule has 1 aromatic carbocycles. The highest BCUT2D eigenvalue weighted by Gasteiger charge is 2.31. The summed E-state index contributed by atoms with van der Waals surface area (Å²) in [6, 6.07) is 4.82. The third kappa shape index (κ3) is 6.39. The van der Waals surface area contributed by atoms with Crippen LogP contribution >= 0.6 is 0 Å². The summed E-state index contributed by atoms with van der Waals surface area (Å²) in [4.78, 5) is 29.7. The first-order chi connectivity index (χ1) is 18.3. The van der Waals surface area contributed by atoms with Gasteiger partial charge in [0.05, 0.1) is 30.6 Å². The molecule has 1 aliphatic heterocycles. The van der Waals surface area contributed by atoms with Crippen molar-refractivity contribution in [1.29, 1.82) is 0 Å². The monoisotopic (exact) mass is 543 g/mol. The van der Waals surface area contributed by atoms with E-state index in [2.05, 4.69) is 20.3 Å². The number of halogens is 3. The van der Waals surface area contributed by atoms with Crippen LogP contribution in [0.2, 0.25) is 0 Å². The van der Waals surface area contributed by atoms with Gasteiger partial charge < -0.3 is 25.6 Å². The van der Waals surface area contributed by atoms with Gasteiger partial charge in [-0.2, -0.15) is 18.2 Å². The number of methoxy groups -OCH3 is 1. The second-order valence-corrected chi connectivity index (χ2v) is 9.84. The van der Waals surface area contributed by atoms with Gasteiger partial charge in [-0.15, -0.1) is 0 Å². The number of alkyl halides is 3. The summed E-state index contributed by atoms with van der Waals surface area (Å²) in [6.07, 6.45) is -1.92. The van der Waals surface area contributed by atoms with Gasteiger partial charge in [0.25, 0.3) is 0 Å². The molecule has 1 atom stereocenters. The Morgan fingerprint density at radius 2 is 1.95 bits per heavy atom. The van der Waals surface area contributed by atoms with Gasteiger partial charge in [-0.1, -0.05) is 6.08 Å². The van der Waals surface area contributed by atoms with Crippen molar-refractivity contribution in [3.63, 3.8) is 0 Å². The maximum Gasteiger partial charge on any atom is 0.416 e. The number of carbonyl (C=O) groups excluding carboxylic acids is 1. The van der Waals surface area contributed by atoms with E-state index in [0.717, 1.165) is 23.3 Å². The number of anilines is 2. The highest BCUT2D eigenvalue weighted by atomic mass is 19.4. The number of aryl methyl sites for hydroxylation is 1. The van der Waals surface area contributed by atoms with Crippen molar-refractivity contribution in [2.24, 2.45) is 0 Å². The largest absolute Gasteiger partial charge is 0.481 e. The lowest BCUT2D eigenvalue weighted by molar-refractivity contribution is -0.137. The van der Waals surface area contributed by atoms with E-state index in [1.54, 1.807) is 18.7 Å². The number of aromatic nitrogens is 3. The SMILES string of the molecule is COc1nc2nc(C)nc(N[C@H](C)c3cc(N)cc(C(F)(F)F)c3)c2cc1C1=CCN(C(=O)CN(C)C)CC1. The Balaban J connectivity index is 1.69. The van der Waals surface area contributed by atoms with Crippen LogP contribution in [0, 0.1) is 6.92 Å². The normalized spacial score (nSPS) is 14.9. The number of hydrogen-bond donors (Lipinski definition) is 2. The van der Waals surface area contributed by atoms with Crippen LogP contribution < -0.4 is 15.8 Å². The van der Waals surface area contributed by atoms with E-state index >= 15 is 0 Å².